The molecule has 6 heteroatoms. The first kappa shape index (κ1) is 11.9. The van der Waals surface area contributed by atoms with Crippen LogP contribution in [0.15, 0.2) is 24.5 Å². The Kier molecular flexibility index (Phi) is 3.63. The van der Waals surface area contributed by atoms with E-state index in [-0.39, 0.29) is 12.3 Å². The summed E-state index contributed by atoms with van der Waals surface area (Å²) in [5.41, 5.74) is 0.804. The molecule has 2 rings (SSSR count). The molecule has 1 N–H and O–H groups in total. The maximum atomic E-state index is 12.0. The topological polar surface area (TPSA) is 70.5 Å². The lowest BCUT2D eigenvalue weighted by molar-refractivity contribution is -0.147. The van der Waals surface area contributed by atoms with Gasteiger partial charge < -0.3 is 10.0 Å². The molecule has 5 nitrogen and oxygen atoms in total. The highest BCUT2D eigenvalue weighted by atomic mass is 32.2. The SMILES string of the molecule is O=C(O)C1CSCN1C(=O)Cc1cccnc1. The predicted molar refractivity (Wildman–Crippen MR) is 63.5 cm³/mol. The Labute approximate surface area is 103 Å². The normalized spacial score (nSPS) is 19.3. The van der Waals surface area contributed by atoms with E-state index in [9.17, 15) is 9.59 Å². The van der Waals surface area contributed by atoms with Gasteiger partial charge in [-0.15, -0.1) is 11.8 Å². The van der Waals surface area contributed by atoms with E-state index in [1.807, 2.05) is 6.07 Å². The molecule has 0 aromatic carbocycles. The summed E-state index contributed by atoms with van der Waals surface area (Å²) in [6, 6.07) is 2.88. The van der Waals surface area contributed by atoms with Gasteiger partial charge in [-0.3, -0.25) is 9.78 Å². The maximum absolute atomic E-state index is 12.0. The molecule has 0 spiro atoms. The minimum Gasteiger partial charge on any atom is -0.480 e. The number of hydrogen-bond acceptors (Lipinski definition) is 4. The second-order valence-corrected chi connectivity index (χ2v) is 4.76. The van der Waals surface area contributed by atoms with Crippen LogP contribution in [0.3, 0.4) is 0 Å². The number of thioether (sulfide) groups is 1. The number of carboxylic acid groups (broad SMARTS) is 1. The minimum atomic E-state index is -0.936. The summed E-state index contributed by atoms with van der Waals surface area (Å²) in [6.07, 6.45) is 3.47. The third kappa shape index (κ3) is 2.76. The Morgan fingerprint density at radius 2 is 2.41 bits per heavy atom. The third-order valence-corrected chi connectivity index (χ3v) is 3.58. The molecule has 0 radical (unpaired) electrons. The summed E-state index contributed by atoms with van der Waals surface area (Å²) in [7, 11) is 0. The highest BCUT2D eigenvalue weighted by Crippen LogP contribution is 2.21. The van der Waals surface area contributed by atoms with Crippen molar-refractivity contribution in [3.63, 3.8) is 0 Å². The van der Waals surface area contributed by atoms with Gasteiger partial charge in [0.15, 0.2) is 0 Å². The van der Waals surface area contributed by atoms with Gasteiger partial charge >= 0.3 is 5.97 Å². The van der Waals surface area contributed by atoms with E-state index < -0.39 is 12.0 Å². The Balaban J connectivity index is 2.03. The van der Waals surface area contributed by atoms with Crippen LogP contribution in [0.4, 0.5) is 0 Å². The number of amides is 1. The van der Waals surface area contributed by atoms with Gasteiger partial charge in [0, 0.05) is 18.1 Å². The van der Waals surface area contributed by atoms with Crippen LogP contribution in [0.1, 0.15) is 5.56 Å². The first-order valence-corrected chi connectivity index (χ1v) is 6.33. The first-order valence-electron chi connectivity index (χ1n) is 5.17. The van der Waals surface area contributed by atoms with Crippen molar-refractivity contribution < 1.29 is 14.7 Å². The molecule has 90 valence electrons. The van der Waals surface area contributed by atoms with E-state index in [4.69, 9.17) is 5.11 Å². The van der Waals surface area contributed by atoms with E-state index in [0.717, 1.165) is 5.56 Å². The second kappa shape index (κ2) is 5.18. The van der Waals surface area contributed by atoms with Crippen molar-refractivity contribution in [1.82, 2.24) is 9.88 Å². The van der Waals surface area contributed by atoms with Gasteiger partial charge in [0.25, 0.3) is 0 Å². The maximum Gasteiger partial charge on any atom is 0.327 e. The van der Waals surface area contributed by atoms with Crippen LogP contribution in [0.5, 0.6) is 0 Å². The summed E-state index contributed by atoms with van der Waals surface area (Å²) in [5, 5.41) is 8.98. The van der Waals surface area contributed by atoms with Gasteiger partial charge in [-0.2, -0.15) is 0 Å². The summed E-state index contributed by atoms with van der Waals surface area (Å²) >= 11 is 1.47. The fourth-order valence-corrected chi connectivity index (χ4v) is 2.84. The Morgan fingerprint density at radius 3 is 3.06 bits per heavy atom. The average molecular weight is 252 g/mol. The van der Waals surface area contributed by atoms with Crippen molar-refractivity contribution in [1.29, 1.82) is 0 Å². The Bertz CT molecular complexity index is 424. The van der Waals surface area contributed by atoms with Crippen molar-refractivity contribution in [3.05, 3.63) is 30.1 Å². The number of rotatable bonds is 3. The Hall–Kier alpha value is -1.56. The van der Waals surface area contributed by atoms with E-state index in [2.05, 4.69) is 4.98 Å². The minimum absolute atomic E-state index is 0.157. The van der Waals surface area contributed by atoms with Crippen LogP contribution >= 0.6 is 11.8 Å². The number of carbonyl (C=O) groups excluding carboxylic acids is 1. The zero-order valence-corrected chi connectivity index (χ0v) is 9.89. The molecule has 2 heterocycles. The smallest absolute Gasteiger partial charge is 0.327 e. The molecule has 1 atom stereocenters. The largest absolute Gasteiger partial charge is 0.480 e. The second-order valence-electron chi connectivity index (χ2n) is 3.76. The molecule has 0 aliphatic carbocycles. The molecule has 1 fully saturated rings. The molecule has 1 unspecified atom stereocenters. The van der Waals surface area contributed by atoms with Gasteiger partial charge in [0.2, 0.25) is 5.91 Å². The lowest BCUT2D eigenvalue weighted by atomic mass is 10.2. The highest BCUT2D eigenvalue weighted by molar-refractivity contribution is 7.99. The van der Waals surface area contributed by atoms with Crippen molar-refractivity contribution in [2.75, 3.05) is 11.6 Å². The molecule has 1 aliphatic rings. The molecule has 1 amide bonds. The molecular weight excluding hydrogens is 240 g/mol. The number of aromatic nitrogens is 1. The van der Waals surface area contributed by atoms with Gasteiger partial charge in [-0.1, -0.05) is 6.07 Å². The van der Waals surface area contributed by atoms with E-state index in [1.54, 1.807) is 18.5 Å². The molecule has 1 saturated heterocycles. The quantitative estimate of drug-likeness (QED) is 0.853. The zero-order valence-electron chi connectivity index (χ0n) is 9.07. The fraction of sp³-hybridized carbons (Fsp3) is 0.364. The van der Waals surface area contributed by atoms with Crippen LogP contribution in [-0.4, -0.2) is 44.5 Å². The molecule has 0 saturated carbocycles. The van der Waals surface area contributed by atoms with Crippen LogP contribution in [0, 0.1) is 0 Å². The lowest BCUT2D eigenvalue weighted by Crippen LogP contribution is -2.42. The summed E-state index contributed by atoms with van der Waals surface area (Å²) in [4.78, 5) is 28.2. The number of carbonyl (C=O) groups is 2. The average Bonchev–Trinajstić information content (AvgIpc) is 2.79. The van der Waals surface area contributed by atoms with Crippen molar-refractivity contribution in [2.24, 2.45) is 0 Å². The molecule has 1 aromatic heterocycles. The lowest BCUT2D eigenvalue weighted by Gasteiger charge is -2.20. The van der Waals surface area contributed by atoms with Gasteiger partial charge in [-0.25, -0.2) is 4.79 Å². The van der Waals surface area contributed by atoms with Crippen LogP contribution < -0.4 is 0 Å². The predicted octanol–water partition coefficient (Wildman–Crippen LogP) is 0.610. The number of hydrogen-bond donors (Lipinski definition) is 1. The zero-order chi connectivity index (χ0) is 12.3. The van der Waals surface area contributed by atoms with Gasteiger partial charge in [0.05, 0.1) is 12.3 Å². The molecule has 1 aliphatic heterocycles. The number of pyridine rings is 1. The fourth-order valence-electron chi connectivity index (χ4n) is 1.67. The van der Waals surface area contributed by atoms with Crippen LogP contribution in [0.2, 0.25) is 0 Å². The van der Waals surface area contributed by atoms with Crippen LogP contribution in [0.25, 0.3) is 0 Å². The summed E-state index contributed by atoms with van der Waals surface area (Å²) in [5.74, 6) is -0.172. The summed E-state index contributed by atoms with van der Waals surface area (Å²) in [6.45, 7) is 0. The number of aliphatic carboxylic acids is 1. The van der Waals surface area contributed by atoms with Gasteiger partial charge in [-0.05, 0) is 11.6 Å². The summed E-state index contributed by atoms with van der Waals surface area (Å²) < 4.78 is 0. The van der Waals surface area contributed by atoms with E-state index >= 15 is 0 Å². The van der Waals surface area contributed by atoms with Gasteiger partial charge in [0.1, 0.15) is 6.04 Å². The number of nitrogens with zero attached hydrogens (tertiary/aromatic N) is 2. The number of carboxylic acids is 1. The van der Waals surface area contributed by atoms with Crippen molar-refractivity contribution in [2.45, 2.75) is 12.5 Å². The van der Waals surface area contributed by atoms with E-state index in [0.29, 0.717) is 11.6 Å². The molecular formula is C11H12N2O3S. The van der Waals surface area contributed by atoms with Crippen molar-refractivity contribution in [3.8, 4) is 0 Å². The van der Waals surface area contributed by atoms with Crippen LogP contribution in [-0.2, 0) is 16.0 Å². The highest BCUT2D eigenvalue weighted by Gasteiger charge is 2.34. The third-order valence-electron chi connectivity index (χ3n) is 2.57. The first-order chi connectivity index (χ1) is 8.18. The molecule has 17 heavy (non-hydrogen) atoms. The van der Waals surface area contributed by atoms with E-state index in [1.165, 1.54) is 16.7 Å². The Morgan fingerprint density at radius 1 is 1.59 bits per heavy atom. The molecule has 0 bridgehead atoms. The van der Waals surface area contributed by atoms with Crippen molar-refractivity contribution >= 4 is 23.6 Å². The monoisotopic (exact) mass is 252 g/mol. The molecule has 1 aromatic rings. The standard InChI is InChI=1S/C11H12N2O3S/c14-10(4-8-2-1-3-12-5-8)13-7-17-6-9(13)11(15)16/h1-3,5,9H,4,6-7H2,(H,15,16).